The Kier molecular flexibility index (Phi) is 4.31. The van der Waals surface area contributed by atoms with E-state index in [1.165, 1.54) is 56.0 Å². The molecule has 3 nitrogen and oxygen atoms in total. The van der Waals surface area contributed by atoms with Gasteiger partial charge in [0.15, 0.2) is 0 Å². The zero-order valence-corrected chi connectivity index (χ0v) is 14.5. The van der Waals surface area contributed by atoms with E-state index in [-0.39, 0.29) is 0 Å². The summed E-state index contributed by atoms with van der Waals surface area (Å²) in [5.74, 6) is 0. The van der Waals surface area contributed by atoms with E-state index in [0.29, 0.717) is 5.41 Å². The second-order valence-corrected chi connectivity index (χ2v) is 8.55. The molecule has 2 aromatic heterocycles. The summed E-state index contributed by atoms with van der Waals surface area (Å²) in [5.41, 5.74) is 2.08. The van der Waals surface area contributed by atoms with Crippen molar-refractivity contribution in [2.45, 2.75) is 32.4 Å². The van der Waals surface area contributed by atoms with Crippen LogP contribution in [0.15, 0.2) is 28.4 Å². The van der Waals surface area contributed by atoms with E-state index in [4.69, 9.17) is 0 Å². The van der Waals surface area contributed by atoms with Crippen LogP contribution in [0.25, 0.3) is 0 Å². The van der Waals surface area contributed by atoms with Gasteiger partial charge in [0.1, 0.15) is 5.01 Å². The maximum absolute atomic E-state index is 4.42. The molecule has 5 heteroatoms. The van der Waals surface area contributed by atoms with Crippen LogP contribution < -0.4 is 0 Å². The van der Waals surface area contributed by atoms with Crippen molar-refractivity contribution < 1.29 is 0 Å². The molecule has 2 aliphatic rings. The topological polar surface area (TPSA) is 19.4 Å². The van der Waals surface area contributed by atoms with Gasteiger partial charge in [0.05, 0.1) is 6.54 Å². The zero-order chi connectivity index (χ0) is 14.8. The van der Waals surface area contributed by atoms with Gasteiger partial charge in [0, 0.05) is 24.7 Å². The third-order valence-corrected chi connectivity index (χ3v) is 6.76. The largest absolute Gasteiger partial charge is 0.298 e. The fourth-order valence-corrected chi connectivity index (χ4v) is 5.24. The second kappa shape index (κ2) is 6.40. The highest BCUT2D eigenvalue weighted by atomic mass is 32.1. The summed E-state index contributed by atoms with van der Waals surface area (Å²) in [6.07, 6.45) is 6.03. The highest BCUT2D eigenvalue weighted by Crippen LogP contribution is 2.41. The average Bonchev–Trinajstić information content (AvgIpc) is 3.26. The Morgan fingerprint density at radius 1 is 1.05 bits per heavy atom. The molecule has 0 N–H and O–H groups in total. The Labute approximate surface area is 140 Å². The number of nitrogens with zero attached hydrogens (tertiary/aromatic N) is 3. The van der Waals surface area contributed by atoms with E-state index < -0.39 is 0 Å². The molecule has 0 radical (unpaired) electrons. The Balaban J connectivity index is 1.29. The number of thiophene rings is 1. The summed E-state index contributed by atoms with van der Waals surface area (Å²) in [6, 6.07) is 2.27. The van der Waals surface area contributed by atoms with Gasteiger partial charge in [-0.1, -0.05) is 0 Å². The van der Waals surface area contributed by atoms with Crippen LogP contribution in [0, 0.1) is 5.41 Å². The van der Waals surface area contributed by atoms with Crippen LogP contribution in [0.2, 0.25) is 0 Å². The van der Waals surface area contributed by atoms with Crippen molar-refractivity contribution >= 4 is 22.7 Å². The van der Waals surface area contributed by atoms with Crippen molar-refractivity contribution in [3.8, 4) is 0 Å². The average molecular weight is 334 g/mol. The Hall–Kier alpha value is -0.750. The summed E-state index contributed by atoms with van der Waals surface area (Å²) in [7, 11) is 0. The van der Waals surface area contributed by atoms with Gasteiger partial charge < -0.3 is 0 Å². The fraction of sp³-hybridized carbons (Fsp3) is 0.588. The lowest BCUT2D eigenvalue weighted by Gasteiger charge is -2.39. The molecule has 0 bridgehead atoms. The first-order valence-electron chi connectivity index (χ1n) is 8.16. The monoisotopic (exact) mass is 333 g/mol. The molecule has 4 heterocycles. The molecule has 0 aromatic carbocycles. The summed E-state index contributed by atoms with van der Waals surface area (Å²) in [5, 5.41) is 7.83. The first-order valence-corrected chi connectivity index (χ1v) is 9.98. The van der Waals surface area contributed by atoms with Crippen LogP contribution in [-0.2, 0) is 13.1 Å². The molecule has 4 rings (SSSR count). The number of piperidine rings is 1. The van der Waals surface area contributed by atoms with E-state index in [1.54, 1.807) is 11.3 Å². The molecule has 0 saturated carbocycles. The highest BCUT2D eigenvalue weighted by molar-refractivity contribution is 7.09. The summed E-state index contributed by atoms with van der Waals surface area (Å²) < 4.78 is 0. The van der Waals surface area contributed by atoms with Crippen LogP contribution in [0.3, 0.4) is 0 Å². The lowest BCUT2D eigenvalue weighted by molar-refractivity contribution is 0.102. The first kappa shape index (κ1) is 14.8. The predicted molar refractivity (Wildman–Crippen MR) is 93.3 cm³/mol. The van der Waals surface area contributed by atoms with Crippen LogP contribution in [0.1, 0.15) is 29.8 Å². The molecule has 1 spiro atoms. The predicted octanol–water partition coefficient (Wildman–Crippen LogP) is 3.69. The van der Waals surface area contributed by atoms with E-state index in [2.05, 4.69) is 37.0 Å². The summed E-state index contributed by atoms with van der Waals surface area (Å²) in [4.78, 5) is 9.68. The number of hydrogen-bond donors (Lipinski definition) is 0. The van der Waals surface area contributed by atoms with E-state index in [1.807, 2.05) is 17.5 Å². The minimum Gasteiger partial charge on any atom is -0.298 e. The molecular weight excluding hydrogens is 310 g/mol. The molecule has 22 heavy (non-hydrogen) atoms. The van der Waals surface area contributed by atoms with Gasteiger partial charge in [-0.05, 0) is 66.7 Å². The van der Waals surface area contributed by atoms with Crippen molar-refractivity contribution in [2.75, 3.05) is 26.2 Å². The number of likely N-dealkylation sites (tertiary alicyclic amines) is 2. The minimum atomic E-state index is 0.593. The number of thiazole rings is 1. The van der Waals surface area contributed by atoms with Gasteiger partial charge in [-0.2, -0.15) is 11.3 Å². The van der Waals surface area contributed by atoms with E-state index in [9.17, 15) is 0 Å². The molecule has 0 atom stereocenters. The Bertz CT molecular complexity index is 571. The summed E-state index contributed by atoms with van der Waals surface area (Å²) in [6.45, 7) is 7.26. The van der Waals surface area contributed by atoms with Crippen LogP contribution >= 0.6 is 22.7 Å². The molecule has 2 fully saturated rings. The molecule has 0 amide bonds. The fourth-order valence-electron chi connectivity index (χ4n) is 3.92. The maximum atomic E-state index is 4.42. The van der Waals surface area contributed by atoms with Crippen molar-refractivity contribution in [3.05, 3.63) is 39.0 Å². The maximum Gasteiger partial charge on any atom is 0.107 e. The van der Waals surface area contributed by atoms with Gasteiger partial charge in [-0.25, -0.2) is 4.98 Å². The van der Waals surface area contributed by atoms with Gasteiger partial charge in [0.25, 0.3) is 0 Å². The zero-order valence-electron chi connectivity index (χ0n) is 12.9. The first-order chi connectivity index (χ1) is 10.8. The Morgan fingerprint density at radius 3 is 2.55 bits per heavy atom. The van der Waals surface area contributed by atoms with Crippen molar-refractivity contribution in [3.63, 3.8) is 0 Å². The van der Waals surface area contributed by atoms with Crippen LogP contribution in [0.5, 0.6) is 0 Å². The number of rotatable bonds is 4. The third kappa shape index (κ3) is 3.27. The molecule has 0 unspecified atom stereocenters. The third-order valence-electron chi connectivity index (χ3n) is 5.26. The molecular formula is C17H23N3S2. The number of hydrogen-bond acceptors (Lipinski definition) is 5. The van der Waals surface area contributed by atoms with Gasteiger partial charge in [0.2, 0.25) is 0 Å². The van der Waals surface area contributed by atoms with Gasteiger partial charge in [-0.3, -0.25) is 9.80 Å². The van der Waals surface area contributed by atoms with E-state index >= 15 is 0 Å². The van der Waals surface area contributed by atoms with Crippen molar-refractivity contribution in [2.24, 2.45) is 5.41 Å². The minimum absolute atomic E-state index is 0.593. The van der Waals surface area contributed by atoms with Gasteiger partial charge >= 0.3 is 0 Å². The molecule has 118 valence electrons. The Morgan fingerprint density at radius 2 is 1.86 bits per heavy atom. The van der Waals surface area contributed by atoms with Crippen LogP contribution in [-0.4, -0.2) is 41.0 Å². The standard InChI is InChI=1S/C17H23N3S2/c1-9-21-13-15(1)11-20-8-4-17(14-20)2-6-19(7-3-17)12-16-18-5-10-22-16/h1,5,9-10,13H,2-4,6-8,11-12,14H2. The van der Waals surface area contributed by atoms with Crippen molar-refractivity contribution in [1.29, 1.82) is 0 Å². The molecule has 2 aromatic rings. The molecule has 2 saturated heterocycles. The lowest BCUT2D eigenvalue weighted by atomic mass is 9.78. The number of aromatic nitrogens is 1. The van der Waals surface area contributed by atoms with Gasteiger partial charge in [-0.15, -0.1) is 11.3 Å². The smallest absolute Gasteiger partial charge is 0.107 e. The van der Waals surface area contributed by atoms with Crippen molar-refractivity contribution in [1.82, 2.24) is 14.8 Å². The molecule has 2 aliphatic heterocycles. The second-order valence-electron chi connectivity index (χ2n) is 6.79. The summed E-state index contributed by atoms with van der Waals surface area (Å²) >= 11 is 3.60. The van der Waals surface area contributed by atoms with E-state index in [0.717, 1.165) is 13.1 Å². The lowest BCUT2D eigenvalue weighted by Crippen LogP contribution is -2.41. The quantitative estimate of drug-likeness (QED) is 0.850. The molecule has 0 aliphatic carbocycles. The van der Waals surface area contributed by atoms with Crippen LogP contribution in [0.4, 0.5) is 0 Å². The SMILES string of the molecule is c1csc(CN2CCC3(CC2)CCN(Cc2ccsc2)C3)n1. The highest BCUT2D eigenvalue weighted by Gasteiger charge is 2.40. The normalized spacial score (nSPS) is 22.5.